The molecule has 0 saturated carbocycles. The van der Waals surface area contributed by atoms with Gasteiger partial charge in [0.1, 0.15) is 0 Å². The minimum absolute atomic E-state index is 0.106. The van der Waals surface area contributed by atoms with Crippen molar-refractivity contribution < 1.29 is 13.2 Å². The SMILES string of the molecule is Cc1ccc(S(=O)(=O)N(C)c2ccc(C(=O)Nc3cc(C(C)(C)C)[nH]n3)cc2)cc1. The van der Waals surface area contributed by atoms with Crippen molar-refractivity contribution in [1.82, 2.24) is 10.2 Å². The molecule has 8 heteroatoms. The quantitative estimate of drug-likeness (QED) is 0.642. The number of carbonyl (C=O) groups excluding carboxylic acids is 1. The Morgan fingerprint density at radius 3 is 2.17 bits per heavy atom. The number of sulfonamides is 1. The number of aromatic nitrogens is 2. The normalized spacial score (nSPS) is 11.9. The summed E-state index contributed by atoms with van der Waals surface area (Å²) in [6.45, 7) is 8.04. The van der Waals surface area contributed by atoms with E-state index in [1.807, 2.05) is 27.7 Å². The molecule has 0 aliphatic rings. The molecule has 0 unspecified atom stereocenters. The molecule has 0 radical (unpaired) electrons. The molecular formula is C22H26N4O3S. The van der Waals surface area contributed by atoms with E-state index in [4.69, 9.17) is 0 Å². The second-order valence-corrected chi connectivity index (χ2v) is 10.2. The van der Waals surface area contributed by atoms with Crippen molar-refractivity contribution in [2.24, 2.45) is 0 Å². The van der Waals surface area contributed by atoms with Gasteiger partial charge in [0.05, 0.1) is 10.6 Å². The van der Waals surface area contributed by atoms with Gasteiger partial charge < -0.3 is 5.32 Å². The Bertz CT molecular complexity index is 1140. The van der Waals surface area contributed by atoms with Gasteiger partial charge in [-0.25, -0.2) is 8.42 Å². The molecule has 0 spiro atoms. The molecule has 30 heavy (non-hydrogen) atoms. The minimum atomic E-state index is -3.68. The summed E-state index contributed by atoms with van der Waals surface area (Å²) in [5, 5.41) is 9.79. The number of nitrogens with one attached hydrogen (secondary N) is 2. The fourth-order valence-electron chi connectivity index (χ4n) is 2.79. The highest BCUT2D eigenvalue weighted by Gasteiger charge is 2.22. The van der Waals surface area contributed by atoms with E-state index in [1.165, 1.54) is 11.4 Å². The first-order valence-corrected chi connectivity index (χ1v) is 11.0. The van der Waals surface area contributed by atoms with E-state index in [9.17, 15) is 13.2 Å². The third-order valence-electron chi connectivity index (χ3n) is 4.80. The van der Waals surface area contributed by atoms with Crippen LogP contribution in [-0.4, -0.2) is 31.6 Å². The maximum atomic E-state index is 12.8. The van der Waals surface area contributed by atoms with Crippen molar-refractivity contribution in [2.45, 2.75) is 38.0 Å². The molecule has 3 aromatic rings. The lowest BCUT2D eigenvalue weighted by Gasteiger charge is -2.20. The van der Waals surface area contributed by atoms with Crippen molar-refractivity contribution in [3.8, 4) is 0 Å². The van der Waals surface area contributed by atoms with Gasteiger partial charge >= 0.3 is 0 Å². The van der Waals surface area contributed by atoms with Gasteiger partial charge in [0.15, 0.2) is 5.82 Å². The number of hydrogen-bond donors (Lipinski definition) is 2. The van der Waals surface area contributed by atoms with Crippen LogP contribution in [0.15, 0.2) is 59.5 Å². The van der Waals surface area contributed by atoms with Crippen molar-refractivity contribution in [1.29, 1.82) is 0 Å². The highest BCUT2D eigenvalue weighted by molar-refractivity contribution is 7.92. The molecule has 0 aliphatic heterocycles. The molecule has 0 saturated heterocycles. The fraction of sp³-hybridized carbons (Fsp3) is 0.273. The lowest BCUT2D eigenvalue weighted by atomic mass is 9.92. The summed E-state index contributed by atoms with van der Waals surface area (Å²) in [6.07, 6.45) is 0. The zero-order valence-electron chi connectivity index (χ0n) is 17.7. The van der Waals surface area contributed by atoms with E-state index >= 15 is 0 Å². The van der Waals surface area contributed by atoms with E-state index in [1.54, 1.807) is 54.6 Å². The first kappa shape index (κ1) is 21.6. The molecule has 0 bridgehead atoms. The summed E-state index contributed by atoms with van der Waals surface area (Å²) in [5.41, 5.74) is 2.65. The molecule has 158 valence electrons. The predicted molar refractivity (Wildman–Crippen MR) is 118 cm³/mol. The highest BCUT2D eigenvalue weighted by Crippen LogP contribution is 2.24. The molecule has 3 rings (SSSR count). The number of rotatable bonds is 5. The van der Waals surface area contributed by atoms with E-state index in [-0.39, 0.29) is 16.2 Å². The number of benzene rings is 2. The van der Waals surface area contributed by atoms with Gasteiger partial charge in [-0.15, -0.1) is 0 Å². The Kier molecular flexibility index (Phi) is 5.72. The maximum absolute atomic E-state index is 12.8. The third kappa shape index (κ3) is 4.54. The Morgan fingerprint density at radius 2 is 1.63 bits per heavy atom. The number of aryl methyl sites for hydroxylation is 1. The van der Waals surface area contributed by atoms with Crippen molar-refractivity contribution in [2.75, 3.05) is 16.7 Å². The number of hydrogen-bond acceptors (Lipinski definition) is 4. The predicted octanol–water partition coefficient (Wildman–Crippen LogP) is 4.09. The third-order valence-corrected chi connectivity index (χ3v) is 6.60. The Balaban J connectivity index is 1.74. The van der Waals surface area contributed by atoms with Gasteiger partial charge in [-0.3, -0.25) is 14.2 Å². The van der Waals surface area contributed by atoms with Gasteiger partial charge in [0.2, 0.25) is 0 Å². The first-order chi connectivity index (χ1) is 14.0. The van der Waals surface area contributed by atoms with Crippen LogP contribution in [0, 0.1) is 6.92 Å². The summed E-state index contributed by atoms with van der Waals surface area (Å²) in [4.78, 5) is 12.7. The molecule has 0 fully saturated rings. The molecule has 1 aromatic heterocycles. The van der Waals surface area contributed by atoms with Crippen LogP contribution in [-0.2, 0) is 15.4 Å². The zero-order valence-corrected chi connectivity index (χ0v) is 18.5. The van der Waals surface area contributed by atoms with E-state index in [2.05, 4.69) is 15.5 Å². The summed E-state index contributed by atoms with van der Waals surface area (Å²) in [6, 6.07) is 14.9. The van der Waals surface area contributed by atoms with Crippen LogP contribution in [0.2, 0.25) is 0 Å². The first-order valence-electron chi connectivity index (χ1n) is 9.51. The van der Waals surface area contributed by atoms with E-state index in [0.29, 0.717) is 17.1 Å². The summed E-state index contributed by atoms with van der Waals surface area (Å²) >= 11 is 0. The number of carbonyl (C=O) groups is 1. The lowest BCUT2D eigenvalue weighted by Crippen LogP contribution is -2.26. The molecular weight excluding hydrogens is 400 g/mol. The fourth-order valence-corrected chi connectivity index (χ4v) is 3.98. The van der Waals surface area contributed by atoms with Gasteiger partial charge in [0.25, 0.3) is 15.9 Å². The number of aromatic amines is 1. The van der Waals surface area contributed by atoms with Crippen LogP contribution in [0.3, 0.4) is 0 Å². The monoisotopic (exact) mass is 426 g/mol. The van der Waals surface area contributed by atoms with Gasteiger partial charge in [-0.2, -0.15) is 5.10 Å². The molecule has 7 nitrogen and oxygen atoms in total. The summed E-state index contributed by atoms with van der Waals surface area (Å²) < 4.78 is 26.8. The van der Waals surface area contributed by atoms with Crippen LogP contribution in [0.5, 0.6) is 0 Å². The lowest BCUT2D eigenvalue weighted by molar-refractivity contribution is 0.102. The second-order valence-electron chi connectivity index (χ2n) is 8.20. The molecule has 2 aromatic carbocycles. The zero-order chi connectivity index (χ0) is 22.1. The molecule has 2 N–H and O–H groups in total. The van der Waals surface area contributed by atoms with Gasteiger partial charge in [0, 0.05) is 29.8 Å². The topological polar surface area (TPSA) is 95.2 Å². The number of nitrogens with zero attached hydrogens (tertiary/aromatic N) is 2. The maximum Gasteiger partial charge on any atom is 0.264 e. The van der Waals surface area contributed by atoms with E-state index in [0.717, 1.165) is 11.3 Å². The van der Waals surface area contributed by atoms with Crippen molar-refractivity contribution in [3.63, 3.8) is 0 Å². The Hall–Kier alpha value is -3.13. The van der Waals surface area contributed by atoms with Crippen LogP contribution >= 0.6 is 0 Å². The van der Waals surface area contributed by atoms with Crippen LogP contribution in [0.4, 0.5) is 11.5 Å². The highest BCUT2D eigenvalue weighted by atomic mass is 32.2. The molecule has 1 heterocycles. The number of anilines is 2. The molecule has 0 aliphatic carbocycles. The number of H-pyrrole nitrogens is 1. The number of amides is 1. The Morgan fingerprint density at radius 1 is 1.03 bits per heavy atom. The van der Waals surface area contributed by atoms with Crippen molar-refractivity contribution in [3.05, 3.63) is 71.4 Å². The smallest absolute Gasteiger partial charge is 0.264 e. The molecule has 1 amide bonds. The van der Waals surface area contributed by atoms with Crippen LogP contribution in [0.25, 0.3) is 0 Å². The average molecular weight is 427 g/mol. The van der Waals surface area contributed by atoms with Crippen LogP contribution < -0.4 is 9.62 Å². The van der Waals surface area contributed by atoms with Crippen LogP contribution in [0.1, 0.15) is 42.4 Å². The van der Waals surface area contributed by atoms with E-state index < -0.39 is 10.0 Å². The largest absolute Gasteiger partial charge is 0.305 e. The summed E-state index contributed by atoms with van der Waals surface area (Å²) in [7, 11) is -2.19. The van der Waals surface area contributed by atoms with Gasteiger partial charge in [-0.05, 0) is 43.3 Å². The summed E-state index contributed by atoms with van der Waals surface area (Å²) in [5.74, 6) is 0.116. The Labute approximate surface area is 177 Å². The van der Waals surface area contributed by atoms with Gasteiger partial charge in [-0.1, -0.05) is 38.5 Å². The minimum Gasteiger partial charge on any atom is -0.305 e. The van der Waals surface area contributed by atoms with Crippen molar-refractivity contribution >= 4 is 27.4 Å². The average Bonchev–Trinajstić information content (AvgIpc) is 3.17. The standard InChI is InChI=1S/C22H26N4O3S/c1-15-6-12-18(13-7-15)30(28,29)26(5)17-10-8-16(9-11-17)21(27)23-20-14-19(24-25-20)22(2,3)4/h6-14H,1-5H3,(H2,23,24,25,27). The molecule has 0 atom stereocenters. The second kappa shape index (κ2) is 7.95.